The molecule has 0 radical (unpaired) electrons. The first-order valence-corrected chi connectivity index (χ1v) is 6.15. The molecule has 1 N–H and O–H groups in total. The van der Waals surface area contributed by atoms with Crippen LogP contribution in [0.15, 0.2) is 18.2 Å². The highest BCUT2D eigenvalue weighted by atomic mass is 16.2. The van der Waals surface area contributed by atoms with Crippen molar-refractivity contribution in [1.82, 2.24) is 10.2 Å². The Labute approximate surface area is 103 Å². The van der Waals surface area contributed by atoms with Crippen LogP contribution in [-0.4, -0.2) is 37.0 Å². The van der Waals surface area contributed by atoms with Crippen LogP contribution in [0.3, 0.4) is 0 Å². The van der Waals surface area contributed by atoms with E-state index >= 15 is 0 Å². The molecule has 17 heavy (non-hydrogen) atoms. The Balaban J connectivity index is 2.12. The van der Waals surface area contributed by atoms with Gasteiger partial charge in [0.25, 0.3) is 5.91 Å². The lowest BCUT2D eigenvalue weighted by Gasteiger charge is -2.17. The van der Waals surface area contributed by atoms with E-state index in [1.165, 1.54) is 11.1 Å². The zero-order chi connectivity index (χ0) is 12.4. The molecule has 2 rings (SSSR count). The Morgan fingerprint density at radius 1 is 1.35 bits per heavy atom. The molecular weight excluding hydrogens is 212 g/mol. The predicted octanol–water partition coefficient (Wildman–Crippen LogP) is 1.74. The Morgan fingerprint density at radius 2 is 2.12 bits per heavy atom. The Kier molecular flexibility index (Phi) is 3.48. The summed E-state index contributed by atoms with van der Waals surface area (Å²) in [5, 5.41) is 3.23. The van der Waals surface area contributed by atoms with Crippen LogP contribution in [0.4, 0.5) is 0 Å². The average Bonchev–Trinajstić information content (AvgIpc) is 2.80. The molecule has 92 valence electrons. The maximum Gasteiger partial charge on any atom is 0.253 e. The van der Waals surface area contributed by atoms with E-state index < -0.39 is 0 Å². The third kappa shape index (κ3) is 2.50. The molecule has 1 fully saturated rings. The maximum atomic E-state index is 12.3. The van der Waals surface area contributed by atoms with Crippen molar-refractivity contribution in [2.45, 2.75) is 26.3 Å². The van der Waals surface area contributed by atoms with Crippen molar-refractivity contribution < 1.29 is 4.79 Å². The van der Waals surface area contributed by atoms with Gasteiger partial charge in [-0.05, 0) is 50.6 Å². The van der Waals surface area contributed by atoms with E-state index in [4.69, 9.17) is 0 Å². The Morgan fingerprint density at radius 3 is 2.71 bits per heavy atom. The molecule has 1 heterocycles. The van der Waals surface area contributed by atoms with Gasteiger partial charge in [-0.3, -0.25) is 4.79 Å². The van der Waals surface area contributed by atoms with Crippen molar-refractivity contribution in [3.63, 3.8) is 0 Å². The van der Waals surface area contributed by atoms with Gasteiger partial charge in [0, 0.05) is 24.7 Å². The summed E-state index contributed by atoms with van der Waals surface area (Å²) in [5.41, 5.74) is 3.22. The van der Waals surface area contributed by atoms with Gasteiger partial charge in [0.15, 0.2) is 0 Å². The fraction of sp³-hybridized carbons (Fsp3) is 0.500. The van der Waals surface area contributed by atoms with Crippen LogP contribution in [0.25, 0.3) is 0 Å². The lowest BCUT2D eigenvalue weighted by Crippen LogP contribution is -2.33. The van der Waals surface area contributed by atoms with Crippen molar-refractivity contribution in [3.8, 4) is 0 Å². The van der Waals surface area contributed by atoms with Crippen LogP contribution < -0.4 is 5.32 Å². The number of likely N-dealkylation sites (tertiary alicyclic amines) is 1. The third-order valence-electron chi connectivity index (χ3n) is 3.64. The standard InChI is InChI=1S/C14H20N2O/c1-10-4-5-12(8-11(10)2)14(17)16-7-6-13(9-16)15-3/h4-5,8,13,15H,6-7,9H2,1-3H3. The normalized spacial score (nSPS) is 19.7. The molecule has 3 nitrogen and oxygen atoms in total. The fourth-order valence-electron chi connectivity index (χ4n) is 2.24. The monoisotopic (exact) mass is 232 g/mol. The lowest BCUT2D eigenvalue weighted by molar-refractivity contribution is 0.0789. The zero-order valence-corrected chi connectivity index (χ0v) is 10.8. The van der Waals surface area contributed by atoms with E-state index in [0.717, 1.165) is 25.1 Å². The number of nitrogens with one attached hydrogen (secondary N) is 1. The number of carbonyl (C=O) groups excluding carboxylic acids is 1. The number of carbonyl (C=O) groups is 1. The second-order valence-corrected chi connectivity index (χ2v) is 4.82. The topological polar surface area (TPSA) is 32.3 Å². The summed E-state index contributed by atoms with van der Waals surface area (Å²) in [5.74, 6) is 0.158. The number of hydrogen-bond donors (Lipinski definition) is 1. The minimum atomic E-state index is 0.158. The average molecular weight is 232 g/mol. The summed E-state index contributed by atoms with van der Waals surface area (Å²) in [7, 11) is 1.95. The summed E-state index contributed by atoms with van der Waals surface area (Å²) < 4.78 is 0. The number of benzene rings is 1. The van der Waals surface area contributed by atoms with Gasteiger partial charge in [0.1, 0.15) is 0 Å². The molecule has 1 aromatic carbocycles. The van der Waals surface area contributed by atoms with E-state index in [0.29, 0.717) is 6.04 Å². The molecule has 0 aliphatic carbocycles. The van der Waals surface area contributed by atoms with E-state index in [1.807, 2.05) is 37.1 Å². The molecule has 1 aliphatic rings. The summed E-state index contributed by atoms with van der Waals surface area (Å²) in [4.78, 5) is 14.2. The van der Waals surface area contributed by atoms with E-state index in [1.54, 1.807) is 0 Å². The number of aryl methyl sites for hydroxylation is 2. The number of hydrogen-bond acceptors (Lipinski definition) is 2. The van der Waals surface area contributed by atoms with Crippen LogP contribution in [0.1, 0.15) is 27.9 Å². The second-order valence-electron chi connectivity index (χ2n) is 4.82. The molecule has 1 unspecified atom stereocenters. The summed E-state index contributed by atoms with van der Waals surface area (Å²) >= 11 is 0. The van der Waals surface area contributed by atoms with Crippen molar-refractivity contribution in [2.75, 3.05) is 20.1 Å². The van der Waals surface area contributed by atoms with Gasteiger partial charge in [-0.2, -0.15) is 0 Å². The van der Waals surface area contributed by atoms with Gasteiger partial charge >= 0.3 is 0 Å². The van der Waals surface area contributed by atoms with Crippen LogP contribution in [0.2, 0.25) is 0 Å². The molecule has 0 saturated carbocycles. The third-order valence-corrected chi connectivity index (χ3v) is 3.64. The van der Waals surface area contributed by atoms with Gasteiger partial charge in [0.05, 0.1) is 0 Å². The summed E-state index contributed by atoms with van der Waals surface area (Å²) in [6.45, 7) is 5.79. The van der Waals surface area contributed by atoms with Gasteiger partial charge in [0.2, 0.25) is 0 Å². The molecule has 0 spiro atoms. The first-order chi connectivity index (χ1) is 8.11. The molecule has 3 heteroatoms. The van der Waals surface area contributed by atoms with Crippen LogP contribution in [0, 0.1) is 13.8 Å². The second kappa shape index (κ2) is 4.88. The highest BCUT2D eigenvalue weighted by Crippen LogP contribution is 2.16. The van der Waals surface area contributed by atoms with Crippen molar-refractivity contribution in [2.24, 2.45) is 0 Å². The fourth-order valence-corrected chi connectivity index (χ4v) is 2.24. The van der Waals surface area contributed by atoms with Gasteiger partial charge in [-0.15, -0.1) is 0 Å². The van der Waals surface area contributed by atoms with Crippen molar-refractivity contribution in [3.05, 3.63) is 34.9 Å². The van der Waals surface area contributed by atoms with Gasteiger partial charge < -0.3 is 10.2 Å². The molecule has 0 bridgehead atoms. The van der Waals surface area contributed by atoms with Gasteiger partial charge in [-0.25, -0.2) is 0 Å². The molecule has 1 amide bonds. The maximum absolute atomic E-state index is 12.3. The Hall–Kier alpha value is -1.35. The van der Waals surface area contributed by atoms with Crippen LogP contribution in [0.5, 0.6) is 0 Å². The largest absolute Gasteiger partial charge is 0.337 e. The minimum absolute atomic E-state index is 0.158. The molecule has 1 aliphatic heterocycles. The first-order valence-electron chi connectivity index (χ1n) is 6.15. The first kappa shape index (κ1) is 12.1. The smallest absolute Gasteiger partial charge is 0.253 e. The molecule has 0 aromatic heterocycles. The van der Waals surface area contributed by atoms with E-state index in [2.05, 4.69) is 12.2 Å². The highest BCUT2D eigenvalue weighted by molar-refractivity contribution is 5.94. The lowest BCUT2D eigenvalue weighted by atomic mass is 10.1. The molecule has 1 saturated heterocycles. The minimum Gasteiger partial charge on any atom is -0.337 e. The quantitative estimate of drug-likeness (QED) is 0.842. The molecule has 1 atom stereocenters. The molecule has 1 aromatic rings. The SMILES string of the molecule is CNC1CCN(C(=O)c2ccc(C)c(C)c2)C1. The van der Waals surface area contributed by atoms with Crippen molar-refractivity contribution in [1.29, 1.82) is 0 Å². The van der Waals surface area contributed by atoms with Crippen molar-refractivity contribution >= 4 is 5.91 Å². The van der Waals surface area contributed by atoms with E-state index in [-0.39, 0.29) is 5.91 Å². The highest BCUT2D eigenvalue weighted by Gasteiger charge is 2.25. The summed E-state index contributed by atoms with van der Waals surface area (Å²) in [6.07, 6.45) is 1.05. The number of rotatable bonds is 2. The van der Waals surface area contributed by atoms with Crippen LogP contribution in [-0.2, 0) is 0 Å². The number of likely N-dealkylation sites (N-methyl/N-ethyl adjacent to an activating group) is 1. The zero-order valence-electron chi connectivity index (χ0n) is 10.8. The van der Waals surface area contributed by atoms with Crippen LogP contribution >= 0.6 is 0 Å². The van der Waals surface area contributed by atoms with Gasteiger partial charge in [-0.1, -0.05) is 6.07 Å². The number of amides is 1. The predicted molar refractivity (Wildman–Crippen MR) is 69.3 cm³/mol. The molecular formula is C14H20N2O. The Bertz CT molecular complexity index is 428. The number of nitrogens with zero attached hydrogens (tertiary/aromatic N) is 1. The summed E-state index contributed by atoms with van der Waals surface area (Å²) in [6, 6.07) is 6.39. The van der Waals surface area contributed by atoms with E-state index in [9.17, 15) is 4.79 Å².